The Labute approximate surface area is 91.5 Å². The molecule has 2 nitrogen and oxygen atoms in total. The fourth-order valence-electron chi connectivity index (χ4n) is 2.33. The number of hydrogen-bond acceptors (Lipinski definition) is 2. The molecule has 0 amide bonds. The van der Waals surface area contributed by atoms with Crippen LogP contribution in [0.15, 0.2) is 24.3 Å². The van der Waals surface area contributed by atoms with Gasteiger partial charge in [0.25, 0.3) is 0 Å². The summed E-state index contributed by atoms with van der Waals surface area (Å²) in [4.78, 5) is 2.49. The number of benzene rings is 1. The van der Waals surface area contributed by atoms with E-state index in [0.29, 0.717) is 11.3 Å². The van der Waals surface area contributed by atoms with Gasteiger partial charge in [-0.2, -0.15) is 0 Å². The van der Waals surface area contributed by atoms with Gasteiger partial charge in [0.2, 0.25) is 0 Å². The van der Waals surface area contributed by atoms with Crippen molar-refractivity contribution >= 4 is 0 Å². The third kappa shape index (κ3) is 2.32. The van der Waals surface area contributed by atoms with Crippen LogP contribution in [0.4, 0.5) is 0 Å². The molecule has 1 fully saturated rings. The molecule has 0 saturated carbocycles. The van der Waals surface area contributed by atoms with Gasteiger partial charge in [-0.05, 0) is 50.9 Å². The van der Waals surface area contributed by atoms with Crippen molar-refractivity contribution in [3.05, 3.63) is 29.8 Å². The molecule has 0 aromatic heterocycles. The van der Waals surface area contributed by atoms with E-state index in [2.05, 4.69) is 24.8 Å². The Kier molecular flexibility index (Phi) is 2.70. The van der Waals surface area contributed by atoms with Gasteiger partial charge < -0.3 is 5.11 Å². The van der Waals surface area contributed by atoms with Gasteiger partial charge in [0, 0.05) is 12.1 Å². The fraction of sp³-hybridized carbons (Fsp3) is 0.538. The summed E-state index contributed by atoms with van der Waals surface area (Å²) in [5.41, 5.74) is 1.51. The van der Waals surface area contributed by atoms with E-state index in [1.165, 1.54) is 24.9 Å². The predicted molar refractivity (Wildman–Crippen MR) is 61.8 cm³/mol. The van der Waals surface area contributed by atoms with Crippen molar-refractivity contribution in [1.29, 1.82) is 0 Å². The summed E-state index contributed by atoms with van der Waals surface area (Å²) in [6.45, 7) is 6.70. The SMILES string of the molecule is CC1(C)CCCN1Cc1cccc(O)c1. The van der Waals surface area contributed by atoms with E-state index in [-0.39, 0.29) is 0 Å². The highest BCUT2D eigenvalue weighted by Gasteiger charge is 2.31. The number of nitrogens with zero attached hydrogens (tertiary/aromatic N) is 1. The minimum atomic E-state index is 0.311. The molecule has 1 N–H and O–H groups in total. The molecule has 1 aromatic rings. The molecule has 2 rings (SSSR count). The molecule has 0 radical (unpaired) electrons. The van der Waals surface area contributed by atoms with Crippen LogP contribution in [0.5, 0.6) is 5.75 Å². The minimum Gasteiger partial charge on any atom is -0.508 e. The zero-order chi connectivity index (χ0) is 10.9. The smallest absolute Gasteiger partial charge is 0.115 e. The van der Waals surface area contributed by atoms with Gasteiger partial charge in [-0.3, -0.25) is 4.90 Å². The Morgan fingerprint density at radius 3 is 2.80 bits per heavy atom. The standard InChI is InChI=1S/C13H19NO/c1-13(2)7-4-8-14(13)10-11-5-3-6-12(15)9-11/h3,5-6,9,15H,4,7-8,10H2,1-2H3. The third-order valence-electron chi connectivity index (χ3n) is 3.36. The van der Waals surface area contributed by atoms with Crippen LogP contribution in [0, 0.1) is 0 Å². The van der Waals surface area contributed by atoms with E-state index in [1.807, 2.05) is 12.1 Å². The van der Waals surface area contributed by atoms with Crippen LogP contribution in [-0.2, 0) is 6.54 Å². The second-order valence-electron chi connectivity index (χ2n) is 5.01. The molecule has 82 valence electrons. The number of phenolic OH excluding ortho intramolecular Hbond substituents is 1. The van der Waals surface area contributed by atoms with Crippen LogP contribution in [-0.4, -0.2) is 22.1 Å². The molecule has 15 heavy (non-hydrogen) atoms. The van der Waals surface area contributed by atoms with Crippen molar-refractivity contribution in [3.63, 3.8) is 0 Å². The lowest BCUT2D eigenvalue weighted by Gasteiger charge is -2.31. The van der Waals surface area contributed by atoms with E-state index < -0.39 is 0 Å². The monoisotopic (exact) mass is 205 g/mol. The lowest BCUT2D eigenvalue weighted by atomic mass is 10.0. The molecule has 2 heteroatoms. The predicted octanol–water partition coefficient (Wildman–Crippen LogP) is 2.77. The van der Waals surface area contributed by atoms with E-state index >= 15 is 0 Å². The van der Waals surface area contributed by atoms with Crippen LogP contribution in [0.3, 0.4) is 0 Å². The van der Waals surface area contributed by atoms with Gasteiger partial charge in [0.1, 0.15) is 5.75 Å². The van der Waals surface area contributed by atoms with Gasteiger partial charge >= 0.3 is 0 Å². The van der Waals surface area contributed by atoms with Crippen LogP contribution in [0.2, 0.25) is 0 Å². The first-order chi connectivity index (χ1) is 7.08. The first kappa shape index (κ1) is 10.5. The number of phenols is 1. The Bertz CT molecular complexity index is 346. The zero-order valence-electron chi connectivity index (χ0n) is 9.53. The summed E-state index contributed by atoms with van der Waals surface area (Å²) in [5.74, 6) is 0.365. The van der Waals surface area contributed by atoms with Crippen LogP contribution in [0.1, 0.15) is 32.3 Å². The van der Waals surface area contributed by atoms with Crippen LogP contribution in [0.25, 0.3) is 0 Å². The maximum absolute atomic E-state index is 9.40. The number of likely N-dealkylation sites (tertiary alicyclic amines) is 1. The van der Waals surface area contributed by atoms with Gasteiger partial charge in [0.05, 0.1) is 0 Å². The lowest BCUT2D eigenvalue weighted by molar-refractivity contribution is 0.166. The molecule has 1 aliphatic heterocycles. The molecule has 0 spiro atoms. The molecule has 0 unspecified atom stereocenters. The minimum absolute atomic E-state index is 0.311. The fourth-order valence-corrected chi connectivity index (χ4v) is 2.33. The van der Waals surface area contributed by atoms with E-state index in [0.717, 1.165) is 6.54 Å². The molecule has 1 aromatic carbocycles. The van der Waals surface area contributed by atoms with Crippen LogP contribution < -0.4 is 0 Å². The van der Waals surface area contributed by atoms with Crippen molar-refractivity contribution in [2.45, 2.75) is 38.8 Å². The quantitative estimate of drug-likeness (QED) is 0.802. The Morgan fingerprint density at radius 1 is 1.40 bits per heavy atom. The lowest BCUT2D eigenvalue weighted by Crippen LogP contribution is -2.37. The topological polar surface area (TPSA) is 23.5 Å². The van der Waals surface area contributed by atoms with Crippen LogP contribution >= 0.6 is 0 Å². The number of aromatic hydroxyl groups is 1. The summed E-state index contributed by atoms with van der Waals surface area (Å²) < 4.78 is 0. The van der Waals surface area contributed by atoms with Crippen molar-refractivity contribution < 1.29 is 5.11 Å². The summed E-state index contributed by atoms with van der Waals surface area (Å²) >= 11 is 0. The van der Waals surface area contributed by atoms with E-state index in [4.69, 9.17) is 0 Å². The maximum Gasteiger partial charge on any atom is 0.115 e. The molecule has 1 aliphatic rings. The second-order valence-corrected chi connectivity index (χ2v) is 5.01. The summed E-state index contributed by atoms with van der Waals surface area (Å²) in [5, 5.41) is 9.40. The largest absolute Gasteiger partial charge is 0.508 e. The van der Waals surface area contributed by atoms with Crippen molar-refractivity contribution in [3.8, 4) is 5.75 Å². The van der Waals surface area contributed by atoms with Crippen molar-refractivity contribution in [1.82, 2.24) is 4.90 Å². The second kappa shape index (κ2) is 3.86. The Hall–Kier alpha value is -1.02. The molecular weight excluding hydrogens is 186 g/mol. The van der Waals surface area contributed by atoms with Crippen molar-refractivity contribution in [2.75, 3.05) is 6.54 Å². The first-order valence-electron chi connectivity index (χ1n) is 5.61. The number of hydrogen-bond donors (Lipinski definition) is 1. The maximum atomic E-state index is 9.40. The highest BCUT2D eigenvalue weighted by atomic mass is 16.3. The Morgan fingerprint density at radius 2 is 2.20 bits per heavy atom. The highest BCUT2D eigenvalue weighted by Crippen LogP contribution is 2.30. The van der Waals surface area contributed by atoms with Gasteiger partial charge in [-0.15, -0.1) is 0 Å². The molecule has 0 atom stereocenters. The van der Waals surface area contributed by atoms with Crippen molar-refractivity contribution in [2.24, 2.45) is 0 Å². The highest BCUT2D eigenvalue weighted by molar-refractivity contribution is 5.27. The van der Waals surface area contributed by atoms with Gasteiger partial charge in [0.15, 0.2) is 0 Å². The Balaban J connectivity index is 2.09. The average Bonchev–Trinajstić information content (AvgIpc) is 2.46. The molecule has 0 aliphatic carbocycles. The molecule has 0 bridgehead atoms. The summed E-state index contributed by atoms with van der Waals surface area (Å²) in [7, 11) is 0. The van der Waals surface area contributed by atoms with Gasteiger partial charge in [-0.1, -0.05) is 12.1 Å². The summed E-state index contributed by atoms with van der Waals surface area (Å²) in [6, 6.07) is 7.56. The average molecular weight is 205 g/mol. The molecule has 1 heterocycles. The van der Waals surface area contributed by atoms with E-state index in [9.17, 15) is 5.11 Å². The molecule has 1 saturated heterocycles. The zero-order valence-corrected chi connectivity index (χ0v) is 9.53. The van der Waals surface area contributed by atoms with Gasteiger partial charge in [-0.25, -0.2) is 0 Å². The third-order valence-corrected chi connectivity index (χ3v) is 3.36. The summed E-state index contributed by atoms with van der Waals surface area (Å²) in [6.07, 6.45) is 2.55. The first-order valence-corrected chi connectivity index (χ1v) is 5.61. The molecular formula is C13H19NO. The number of rotatable bonds is 2. The normalized spacial score (nSPS) is 20.7. The van der Waals surface area contributed by atoms with E-state index in [1.54, 1.807) is 6.07 Å².